The van der Waals surface area contributed by atoms with E-state index in [0.717, 1.165) is 16.9 Å². The summed E-state index contributed by atoms with van der Waals surface area (Å²) in [6.45, 7) is 0.663. The molecule has 0 saturated carbocycles. The number of oxazole rings is 1. The van der Waals surface area contributed by atoms with Gasteiger partial charge < -0.3 is 4.42 Å². The van der Waals surface area contributed by atoms with Crippen molar-refractivity contribution in [3.63, 3.8) is 0 Å². The SMILES string of the molecule is NNCc1ccc(-c2cnco2)cc1. The molecule has 14 heavy (non-hydrogen) atoms. The first-order valence-corrected chi connectivity index (χ1v) is 4.31. The van der Waals surface area contributed by atoms with Crippen molar-refractivity contribution in [1.29, 1.82) is 0 Å². The third kappa shape index (κ3) is 1.81. The monoisotopic (exact) mass is 189 g/mol. The van der Waals surface area contributed by atoms with Gasteiger partial charge in [-0.3, -0.25) is 11.3 Å². The summed E-state index contributed by atoms with van der Waals surface area (Å²) < 4.78 is 5.17. The molecule has 0 amide bonds. The summed E-state index contributed by atoms with van der Waals surface area (Å²) in [5, 5.41) is 0. The van der Waals surface area contributed by atoms with Crippen molar-refractivity contribution < 1.29 is 4.42 Å². The van der Waals surface area contributed by atoms with Crippen molar-refractivity contribution in [2.24, 2.45) is 5.84 Å². The smallest absolute Gasteiger partial charge is 0.181 e. The Bertz CT molecular complexity index is 380. The molecule has 2 rings (SSSR count). The van der Waals surface area contributed by atoms with Crippen LogP contribution in [0.4, 0.5) is 0 Å². The van der Waals surface area contributed by atoms with Gasteiger partial charge in [-0.15, -0.1) is 0 Å². The van der Waals surface area contributed by atoms with E-state index in [1.54, 1.807) is 6.20 Å². The zero-order valence-corrected chi connectivity index (χ0v) is 7.60. The quantitative estimate of drug-likeness (QED) is 0.564. The van der Waals surface area contributed by atoms with Crippen LogP contribution in [-0.2, 0) is 6.54 Å². The van der Waals surface area contributed by atoms with Gasteiger partial charge in [-0.1, -0.05) is 24.3 Å². The van der Waals surface area contributed by atoms with E-state index in [0.29, 0.717) is 6.54 Å². The molecule has 3 N–H and O–H groups in total. The van der Waals surface area contributed by atoms with E-state index in [1.807, 2.05) is 24.3 Å². The molecule has 0 bridgehead atoms. The molecule has 4 heteroatoms. The van der Waals surface area contributed by atoms with Crippen LogP contribution in [0.2, 0.25) is 0 Å². The Kier molecular flexibility index (Phi) is 2.58. The molecule has 0 aliphatic heterocycles. The Hall–Kier alpha value is -1.65. The lowest BCUT2D eigenvalue weighted by atomic mass is 10.1. The Morgan fingerprint density at radius 1 is 1.29 bits per heavy atom. The first kappa shape index (κ1) is 8.93. The zero-order chi connectivity index (χ0) is 9.80. The van der Waals surface area contributed by atoms with Crippen LogP contribution in [0.15, 0.2) is 41.3 Å². The predicted molar refractivity (Wildman–Crippen MR) is 53.0 cm³/mol. The average Bonchev–Trinajstić information content (AvgIpc) is 2.72. The summed E-state index contributed by atoms with van der Waals surface area (Å²) >= 11 is 0. The van der Waals surface area contributed by atoms with E-state index in [-0.39, 0.29) is 0 Å². The lowest BCUT2D eigenvalue weighted by Crippen LogP contribution is -2.20. The summed E-state index contributed by atoms with van der Waals surface area (Å²) in [6, 6.07) is 7.95. The van der Waals surface area contributed by atoms with Gasteiger partial charge in [0.15, 0.2) is 12.2 Å². The Morgan fingerprint density at radius 3 is 2.64 bits per heavy atom. The fourth-order valence-electron chi connectivity index (χ4n) is 1.26. The Balaban J connectivity index is 2.22. The van der Waals surface area contributed by atoms with Gasteiger partial charge >= 0.3 is 0 Å². The molecule has 72 valence electrons. The summed E-state index contributed by atoms with van der Waals surface area (Å²) in [4.78, 5) is 3.86. The lowest BCUT2D eigenvalue weighted by molar-refractivity contribution is 0.572. The number of benzene rings is 1. The number of rotatable bonds is 3. The van der Waals surface area contributed by atoms with Crippen molar-refractivity contribution in [2.45, 2.75) is 6.54 Å². The summed E-state index contributed by atoms with van der Waals surface area (Å²) in [6.07, 6.45) is 3.11. The summed E-state index contributed by atoms with van der Waals surface area (Å²) in [5.74, 6) is 5.99. The van der Waals surface area contributed by atoms with E-state index in [9.17, 15) is 0 Å². The van der Waals surface area contributed by atoms with Gasteiger partial charge in [0.2, 0.25) is 0 Å². The summed E-state index contributed by atoms with van der Waals surface area (Å²) in [7, 11) is 0. The maximum Gasteiger partial charge on any atom is 0.181 e. The third-order valence-corrected chi connectivity index (χ3v) is 1.98. The molecule has 2 aromatic rings. The number of aromatic nitrogens is 1. The molecule has 1 aromatic heterocycles. The number of nitrogens with one attached hydrogen (secondary N) is 1. The highest BCUT2D eigenvalue weighted by Gasteiger charge is 2.00. The Labute approximate surface area is 81.7 Å². The molecule has 0 atom stereocenters. The van der Waals surface area contributed by atoms with Gasteiger partial charge in [-0.05, 0) is 5.56 Å². The fraction of sp³-hybridized carbons (Fsp3) is 0.100. The zero-order valence-electron chi connectivity index (χ0n) is 7.60. The minimum atomic E-state index is 0.663. The van der Waals surface area contributed by atoms with E-state index in [1.165, 1.54) is 6.39 Å². The van der Waals surface area contributed by atoms with Gasteiger partial charge in [-0.25, -0.2) is 4.98 Å². The topological polar surface area (TPSA) is 64.1 Å². The maximum atomic E-state index is 5.21. The molecule has 0 aliphatic carbocycles. The fourth-order valence-corrected chi connectivity index (χ4v) is 1.26. The minimum Gasteiger partial charge on any atom is -0.444 e. The first-order valence-electron chi connectivity index (χ1n) is 4.31. The highest BCUT2D eigenvalue weighted by atomic mass is 16.3. The van der Waals surface area contributed by atoms with Crippen LogP contribution in [-0.4, -0.2) is 4.98 Å². The van der Waals surface area contributed by atoms with Gasteiger partial charge in [-0.2, -0.15) is 0 Å². The first-order chi connectivity index (χ1) is 6.90. The van der Waals surface area contributed by atoms with E-state index >= 15 is 0 Å². The third-order valence-electron chi connectivity index (χ3n) is 1.98. The number of nitrogens with two attached hydrogens (primary N) is 1. The highest BCUT2D eigenvalue weighted by Crippen LogP contribution is 2.18. The number of hydrogen-bond donors (Lipinski definition) is 2. The lowest BCUT2D eigenvalue weighted by Gasteiger charge is -2.00. The second-order valence-corrected chi connectivity index (χ2v) is 2.94. The van der Waals surface area contributed by atoms with Crippen LogP contribution in [0.5, 0.6) is 0 Å². The average molecular weight is 189 g/mol. The molecular weight excluding hydrogens is 178 g/mol. The van der Waals surface area contributed by atoms with Crippen molar-refractivity contribution in [3.8, 4) is 11.3 Å². The molecule has 0 fully saturated rings. The van der Waals surface area contributed by atoms with Crippen molar-refractivity contribution in [1.82, 2.24) is 10.4 Å². The molecule has 0 spiro atoms. The Morgan fingerprint density at radius 2 is 2.07 bits per heavy atom. The number of hydrazine groups is 1. The predicted octanol–water partition coefficient (Wildman–Crippen LogP) is 1.30. The van der Waals surface area contributed by atoms with Crippen molar-refractivity contribution in [2.75, 3.05) is 0 Å². The van der Waals surface area contributed by atoms with Crippen molar-refractivity contribution in [3.05, 3.63) is 42.4 Å². The number of hydrogen-bond acceptors (Lipinski definition) is 4. The normalized spacial score (nSPS) is 10.4. The molecule has 0 radical (unpaired) electrons. The molecule has 1 aromatic carbocycles. The van der Waals surface area contributed by atoms with Gasteiger partial charge in [0.25, 0.3) is 0 Å². The maximum absolute atomic E-state index is 5.21. The molecule has 1 heterocycles. The van der Waals surface area contributed by atoms with Gasteiger partial charge in [0.05, 0.1) is 6.20 Å². The second kappa shape index (κ2) is 4.04. The number of nitrogens with zero attached hydrogens (tertiary/aromatic N) is 1. The second-order valence-electron chi connectivity index (χ2n) is 2.94. The minimum absolute atomic E-state index is 0.663. The molecule has 0 saturated heterocycles. The highest BCUT2D eigenvalue weighted by molar-refractivity contribution is 5.56. The molecule has 0 aliphatic rings. The molecule has 4 nitrogen and oxygen atoms in total. The molecular formula is C10H11N3O. The van der Waals surface area contributed by atoms with Gasteiger partial charge in [0, 0.05) is 12.1 Å². The van der Waals surface area contributed by atoms with Crippen LogP contribution in [0.3, 0.4) is 0 Å². The largest absolute Gasteiger partial charge is 0.444 e. The van der Waals surface area contributed by atoms with Crippen LogP contribution in [0.25, 0.3) is 11.3 Å². The van der Waals surface area contributed by atoms with E-state index in [4.69, 9.17) is 10.3 Å². The van der Waals surface area contributed by atoms with E-state index in [2.05, 4.69) is 10.4 Å². The van der Waals surface area contributed by atoms with Crippen molar-refractivity contribution >= 4 is 0 Å². The van der Waals surface area contributed by atoms with Crippen LogP contribution >= 0.6 is 0 Å². The van der Waals surface area contributed by atoms with E-state index < -0.39 is 0 Å². The van der Waals surface area contributed by atoms with Crippen LogP contribution in [0, 0.1) is 0 Å². The van der Waals surface area contributed by atoms with Crippen LogP contribution < -0.4 is 11.3 Å². The van der Waals surface area contributed by atoms with Gasteiger partial charge in [0.1, 0.15) is 0 Å². The standard InChI is InChI=1S/C10H11N3O/c11-13-5-8-1-3-9(4-2-8)10-6-12-7-14-10/h1-4,6-7,13H,5,11H2. The van der Waals surface area contributed by atoms with Crippen LogP contribution in [0.1, 0.15) is 5.56 Å². The summed E-state index contributed by atoms with van der Waals surface area (Å²) in [5.41, 5.74) is 4.75. The molecule has 0 unspecified atom stereocenters.